The molecule has 0 saturated carbocycles. The van der Waals surface area contributed by atoms with Gasteiger partial charge >= 0.3 is 0 Å². The molecule has 132 valence electrons. The van der Waals surface area contributed by atoms with Crippen LogP contribution in [-0.2, 0) is 5.41 Å². The molecule has 1 aliphatic rings. The van der Waals surface area contributed by atoms with E-state index < -0.39 is 6.10 Å². The zero-order valence-electron chi connectivity index (χ0n) is 15.2. The third-order valence-electron chi connectivity index (χ3n) is 4.76. The van der Waals surface area contributed by atoms with Crippen LogP contribution in [0.4, 0.5) is 5.69 Å². The number of hydrogen-bond donors (Lipinski definition) is 1. The van der Waals surface area contributed by atoms with Gasteiger partial charge in [0.15, 0.2) is 0 Å². The Morgan fingerprint density at radius 3 is 2.44 bits per heavy atom. The standard InChI is InChI=1S/C21H25NO3/c1-21(2,3)15-7-5-14(6-8-15)20(24)22-12-11-19(23)17-10-9-16(25-4)13-18(17)22/h5-10,13,19,23H,11-12H2,1-4H3. The van der Waals surface area contributed by atoms with Crippen molar-refractivity contribution in [1.29, 1.82) is 0 Å². The molecule has 25 heavy (non-hydrogen) atoms. The van der Waals surface area contributed by atoms with Crippen LogP contribution < -0.4 is 9.64 Å². The molecule has 1 amide bonds. The van der Waals surface area contributed by atoms with E-state index in [1.807, 2.05) is 42.5 Å². The van der Waals surface area contributed by atoms with Crippen molar-refractivity contribution in [3.8, 4) is 5.75 Å². The number of nitrogens with zero attached hydrogens (tertiary/aromatic N) is 1. The first-order valence-corrected chi connectivity index (χ1v) is 8.59. The van der Waals surface area contributed by atoms with Gasteiger partial charge in [0.05, 0.1) is 18.9 Å². The van der Waals surface area contributed by atoms with Crippen molar-refractivity contribution in [2.24, 2.45) is 0 Å². The first-order chi connectivity index (χ1) is 11.8. The Morgan fingerprint density at radius 1 is 1.16 bits per heavy atom. The monoisotopic (exact) mass is 339 g/mol. The Hall–Kier alpha value is -2.33. The normalized spacial score (nSPS) is 17.2. The van der Waals surface area contributed by atoms with E-state index in [1.54, 1.807) is 12.0 Å². The summed E-state index contributed by atoms with van der Waals surface area (Å²) < 4.78 is 5.28. The smallest absolute Gasteiger partial charge is 0.258 e. The number of aliphatic hydroxyl groups is 1. The third-order valence-corrected chi connectivity index (χ3v) is 4.76. The number of carbonyl (C=O) groups excluding carboxylic acids is 1. The highest BCUT2D eigenvalue weighted by molar-refractivity contribution is 6.07. The Balaban J connectivity index is 1.94. The van der Waals surface area contributed by atoms with Gasteiger partial charge in [-0.2, -0.15) is 0 Å². The van der Waals surface area contributed by atoms with Crippen molar-refractivity contribution in [3.63, 3.8) is 0 Å². The lowest BCUT2D eigenvalue weighted by atomic mass is 9.86. The number of hydrogen-bond acceptors (Lipinski definition) is 3. The second kappa shape index (κ2) is 6.52. The van der Waals surface area contributed by atoms with Crippen molar-refractivity contribution in [2.45, 2.75) is 38.7 Å². The van der Waals surface area contributed by atoms with Gasteiger partial charge in [0, 0.05) is 23.7 Å². The van der Waals surface area contributed by atoms with Crippen LogP contribution in [0.3, 0.4) is 0 Å². The maximum Gasteiger partial charge on any atom is 0.258 e. The lowest BCUT2D eigenvalue weighted by Crippen LogP contribution is -2.36. The van der Waals surface area contributed by atoms with E-state index in [0.29, 0.717) is 24.3 Å². The maximum atomic E-state index is 13.0. The van der Waals surface area contributed by atoms with Crippen LogP contribution in [-0.4, -0.2) is 24.7 Å². The summed E-state index contributed by atoms with van der Waals surface area (Å²) in [5.74, 6) is 0.621. The van der Waals surface area contributed by atoms with Gasteiger partial charge in [0.2, 0.25) is 0 Å². The number of anilines is 1. The summed E-state index contributed by atoms with van der Waals surface area (Å²) in [4.78, 5) is 14.8. The molecular formula is C21H25NO3. The van der Waals surface area contributed by atoms with E-state index in [2.05, 4.69) is 20.8 Å². The van der Waals surface area contributed by atoms with Crippen LogP contribution in [0.1, 0.15) is 54.8 Å². The van der Waals surface area contributed by atoms with Crippen LogP contribution in [0.5, 0.6) is 5.75 Å². The fraction of sp³-hybridized carbons (Fsp3) is 0.381. The third kappa shape index (κ3) is 3.40. The summed E-state index contributed by atoms with van der Waals surface area (Å²) in [6.45, 7) is 6.94. The number of aliphatic hydroxyl groups excluding tert-OH is 1. The highest BCUT2D eigenvalue weighted by Crippen LogP contribution is 2.37. The van der Waals surface area contributed by atoms with Crippen LogP contribution in [0.15, 0.2) is 42.5 Å². The molecule has 2 aromatic rings. The largest absolute Gasteiger partial charge is 0.497 e. The Morgan fingerprint density at radius 2 is 1.84 bits per heavy atom. The van der Waals surface area contributed by atoms with Crippen molar-refractivity contribution in [3.05, 3.63) is 59.2 Å². The predicted octanol–water partition coefficient (Wildman–Crippen LogP) is 4.08. The minimum Gasteiger partial charge on any atom is -0.497 e. The van der Waals surface area contributed by atoms with Crippen LogP contribution in [0.25, 0.3) is 0 Å². The van der Waals surface area contributed by atoms with Crippen molar-refractivity contribution >= 4 is 11.6 Å². The van der Waals surface area contributed by atoms with Gasteiger partial charge in [-0.25, -0.2) is 0 Å². The zero-order chi connectivity index (χ0) is 18.2. The summed E-state index contributed by atoms with van der Waals surface area (Å²) in [5, 5.41) is 10.2. The minimum atomic E-state index is -0.548. The number of benzene rings is 2. The number of methoxy groups -OCH3 is 1. The maximum absolute atomic E-state index is 13.0. The predicted molar refractivity (Wildman–Crippen MR) is 99.4 cm³/mol. The fourth-order valence-corrected chi connectivity index (χ4v) is 3.17. The molecular weight excluding hydrogens is 314 g/mol. The quantitative estimate of drug-likeness (QED) is 0.897. The van der Waals surface area contributed by atoms with Gasteiger partial charge in [-0.05, 0) is 35.6 Å². The molecule has 0 saturated heterocycles. The minimum absolute atomic E-state index is 0.0524. The summed E-state index contributed by atoms with van der Waals surface area (Å²) in [6, 6.07) is 13.3. The molecule has 0 radical (unpaired) electrons. The molecule has 3 rings (SSSR count). The molecule has 1 aliphatic heterocycles. The van der Waals surface area contributed by atoms with Gasteiger partial charge in [0.1, 0.15) is 5.75 Å². The highest BCUT2D eigenvalue weighted by Gasteiger charge is 2.29. The molecule has 4 nitrogen and oxygen atoms in total. The first kappa shape index (κ1) is 17.5. The molecule has 0 aliphatic carbocycles. The van der Waals surface area contributed by atoms with Gasteiger partial charge in [-0.15, -0.1) is 0 Å². The van der Waals surface area contributed by atoms with Crippen molar-refractivity contribution < 1.29 is 14.6 Å². The van der Waals surface area contributed by atoms with Gasteiger partial charge in [0.25, 0.3) is 5.91 Å². The molecule has 1 atom stereocenters. The SMILES string of the molecule is COc1ccc2c(c1)N(C(=O)c1ccc(C(C)(C)C)cc1)CCC2O. The lowest BCUT2D eigenvalue weighted by Gasteiger charge is -2.32. The fourth-order valence-electron chi connectivity index (χ4n) is 3.17. The van der Waals surface area contributed by atoms with E-state index in [1.165, 1.54) is 5.56 Å². The molecule has 0 aromatic heterocycles. The van der Waals surface area contributed by atoms with E-state index in [-0.39, 0.29) is 11.3 Å². The highest BCUT2D eigenvalue weighted by atomic mass is 16.5. The molecule has 4 heteroatoms. The molecule has 2 aromatic carbocycles. The summed E-state index contributed by atoms with van der Waals surface area (Å²) in [7, 11) is 1.60. The number of carbonyl (C=O) groups is 1. The Labute approximate surface area is 149 Å². The molecule has 1 N–H and O–H groups in total. The van der Waals surface area contributed by atoms with Crippen molar-refractivity contribution in [2.75, 3.05) is 18.6 Å². The number of fused-ring (bicyclic) bond motifs is 1. The van der Waals surface area contributed by atoms with Crippen LogP contribution in [0.2, 0.25) is 0 Å². The van der Waals surface area contributed by atoms with Gasteiger partial charge in [-0.3, -0.25) is 4.79 Å². The second-order valence-electron chi connectivity index (χ2n) is 7.51. The van der Waals surface area contributed by atoms with Crippen LogP contribution in [0, 0.1) is 0 Å². The molecule has 0 fully saturated rings. The first-order valence-electron chi connectivity index (χ1n) is 8.59. The summed E-state index contributed by atoms with van der Waals surface area (Å²) >= 11 is 0. The second-order valence-corrected chi connectivity index (χ2v) is 7.51. The summed E-state index contributed by atoms with van der Waals surface area (Å²) in [6.07, 6.45) is -0.0151. The van der Waals surface area contributed by atoms with Crippen LogP contribution >= 0.6 is 0 Å². The van der Waals surface area contributed by atoms with E-state index >= 15 is 0 Å². The van der Waals surface area contributed by atoms with Gasteiger partial charge in [-0.1, -0.05) is 39.0 Å². The summed E-state index contributed by atoms with van der Waals surface area (Å²) in [5.41, 5.74) is 3.39. The van der Waals surface area contributed by atoms with E-state index in [0.717, 1.165) is 11.3 Å². The molecule has 0 bridgehead atoms. The number of amides is 1. The van der Waals surface area contributed by atoms with E-state index in [9.17, 15) is 9.90 Å². The zero-order valence-corrected chi connectivity index (χ0v) is 15.2. The average molecular weight is 339 g/mol. The number of ether oxygens (including phenoxy) is 1. The Bertz CT molecular complexity index is 775. The Kier molecular flexibility index (Phi) is 4.56. The number of rotatable bonds is 2. The van der Waals surface area contributed by atoms with E-state index in [4.69, 9.17) is 4.74 Å². The van der Waals surface area contributed by atoms with Crippen molar-refractivity contribution in [1.82, 2.24) is 0 Å². The molecule has 1 heterocycles. The average Bonchev–Trinajstić information content (AvgIpc) is 2.60. The molecule has 0 spiro atoms. The topological polar surface area (TPSA) is 49.8 Å². The molecule has 1 unspecified atom stereocenters. The van der Waals surface area contributed by atoms with Gasteiger partial charge < -0.3 is 14.7 Å². The lowest BCUT2D eigenvalue weighted by molar-refractivity contribution is 0.0970.